The molecule has 0 aliphatic heterocycles. The van der Waals surface area contributed by atoms with E-state index >= 15 is 0 Å². The summed E-state index contributed by atoms with van der Waals surface area (Å²) in [5.74, 6) is 2.86. The molecule has 1 heterocycles. The number of fused-ring (bicyclic) bond motifs is 1. The molecular formula is C24H18N4O2. The van der Waals surface area contributed by atoms with Gasteiger partial charge in [0.1, 0.15) is 18.2 Å². The molecule has 0 aliphatic carbocycles. The van der Waals surface area contributed by atoms with Crippen LogP contribution in [0.25, 0.3) is 10.9 Å². The minimum Gasteiger partial charge on any atom is -0.489 e. The number of anilines is 3. The number of ether oxygens (including phenoxy) is 1. The van der Waals surface area contributed by atoms with Crippen LogP contribution in [0.2, 0.25) is 0 Å². The number of hydrogen-bond donors (Lipinski definition) is 2. The maximum Gasteiger partial charge on any atom is 0.302 e. The zero-order valence-corrected chi connectivity index (χ0v) is 16.0. The van der Waals surface area contributed by atoms with Crippen molar-refractivity contribution in [3.63, 3.8) is 0 Å². The van der Waals surface area contributed by atoms with Crippen molar-refractivity contribution in [3.05, 3.63) is 84.4 Å². The Hall–Kier alpha value is -4.37. The lowest BCUT2D eigenvalue weighted by atomic mass is 10.2. The van der Waals surface area contributed by atoms with E-state index < -0.39 is 5.91 Å². The first-order valence-electron chi connectivity index (χ1n) is 9.29. The van der Waals surface area contributed by atoms with E-state index in [0.717, 1.165) is 22.4 Å². The van der Waals surface area contributed by atoms with E-state index in [0.29, 0.717) is 17.9 Å². The average molecular weight is 394 g/mol. The lowest BCUT2D eigenvalue weighted by Crippen LogP contribution is -2.12. The van der Waals surface area contributed by atoms with E-state index in [1.54, 1.807) is 0 Å². The Morgan fingerprint density at radius 1 is 0.933 bits per heavy atom. The standard InChI is InChI=1S/C24H18N4O2/c1-2-22(29)27-24-26-21-11-7-6-10-20(21)23(28-24)25-18-12-14-19(15-13-18)30-16-17-8-4-3-5-9-17/h1,3-15H,16H2,(H2,25,26,27,28,29). The number of carbonyl (C=O) groups is 1. The number of hydrogen-bond acceptors (Lipinski definition) is 5. The molecule has 3 aromatic carbocycles. The second kappa shape index (κ2) is 8.76. The highest BCUT2D eigenvalue weighted by Gasteiger charge is 2.09. The predicted molar refractivity (Wildman–Crippen MR) is 117 cm³/mol. The summed E-state index contributed by atoms with van der Waals surface area (Å²) in [4.78, 5) is 20.3. The third-order valence-corrected chi connectivity index (χ3v) is 4.33. The summed E-state index contributed by atoms with van der Waals surface area (Å²) < 4.78 is 5.82. The van der Waals surface area contributed by atoms with E-state index in [4.69, 9.17) is 11.2 Å². The third kappa shape index (κ3) is 4.54. The summed E-state index contributed by atoms with van der Waals surface area (Å²) in [6.45, 7) is 0.502. The van der Waals surface area contributed by atoms with Crippen LogP contribution in [0.4, 0.5) is 17.5 Å². The van der Waals surface area contributed by atoms with E-state index in [-0.39, 0.29) is 5.95 Å². The van der Waals surface area contributed by atoms with Gasteiger partial charge in [-0.15, -0.1) is 6.42 Å². The number of aromatic nitrogens is 2. The van der Waals surface area contributed by atoms with Crippen LogP contribution in [0.15, 0.2) is 78.9 Å². The highest BCUT2D eigenvalue weighted by atomic mass is 16.5. The van der Waals surface area contributed by atoms with E-state index in [1.165, 1.54) is 0 Å². The van der Waals surface area contributed by atoms with E-state index in [9.17, 15) is 4.79 Å². The van der Waals surface area contributed by atoms with Crippen molar-refractivity contribution >= 4 is 34.3 Å². The van der Waals surface area contributed by atoms with Crippen LogP contribution in [0.1, 0.15) is 5.56 Å². The Bertz CT molecular complexity index is 1220. The fourth-order valence-electron chi connectivity index (χ4n) is 2.88. The maximum atomic E-state index is 11.5. The van der Waals surface area contributed by atoms with Gasteiger partial charge in [-0.05, 0) is 47.9 Å². The molecule has 6 heteroatoms. The van der Waals surface area contributed by atoms with Crippen molar-refractivity contribution in [1.82, 2.24) is 9.97 Å². The molecule has 2 N–H and O–H groups in total. The largest absolute Gasteiger partial charge is 0.489 e. The van der Waals surface area contributed by atoms with Gasteiger partial charge < -0.3 is 10.1 Å². The molecule has 0 fully saturated rings. The number of nitrogens with one attached hydrogen (secondary N) is 2. The Morgan fingerprint density at radius 3 is 2.43 bits per heavy atom. The summed E-state index contributed by atoms with van der Waals surface area (Å²) in [6.07, 6.45) is 5.12. The van der Waals surface area contributed by atoms with Gasteiger partial charge in [0.05, 0.1) is 5.52 Å². The van der Waals surface area contributed by atoms with Gasteiger partial charge in [-0.25, -0.2) is 4.98 Å². The molecule has 0 saturated carbocycles. The van der Waals surface area contributed by atoms with Crippen molar-refractivity contribution in [3.8, 4) is 18.1 Å². The van der Waals surface area contributed by atoms with Gasteiger partial charge in [-0.2, -0.15) is 4.98 Å². The maximum absolute atomic E-state index is 11.5. The molecular weight excluding hydrogens is 376 g/mol. The lowest BCUT2D eigenvalue weighted by Gasteiger charge is -2.12. The number of amides is 1. The monoisotopic (exact) mass is 394 g/mol. The lowest BCUT2D eigenvalue weighted by molar-refractivity contribution is -0.111. The zero-order chi connectivity index (χ0) is 20.8. The summed E-state index contributed by atoms with van der Waals surface area (Å²) in [5, 5.41) is 6.58. The van der Waals surface area contributed by atoms with Crippen LogP contribution >= 0.6 is 0 Å². The van der Waals surface area contributed by atoms with Crippen molar-refractivity contribution in [2.45, 2.75) is 6.61 Å². The van der Waals surface area contributed by atoms with Crippen LogP contribution in [0, 0.1) is 12.3 Å². The first kappa shape index (κ1) is 19.0. The molecule has 0 saturated heterocycles. The highest BCUT2D eigenvalue weighted by Crippen LogP contribution is 2.26. The Morgan fingerprint density at radius 2 is 1.67 bits per heavy atom. The first-order valence-corrected chi connectivity index (χ1v) is 9.29. The third-order valence-electron chi connectivity index (χ3n) is 4.33. The second-order valence-electron chi connectivity index (χ2n) is 6.44. The highest BCUT2D eigenvalue weighted by molar-refractivity contribution is 6.03. The zero-order valence-electron chi connectivity index (χ0n) is 16.0. The van der Waals surface area contributed by atoms with Crippen LogP contribution in [-0.4, -0.2) is 15.9 Å². The molecule has 0 aliphatic rings. The molecule has 0 atom stereocenters. The number of terminal acetylenes is 1. The predicted octanol–water partition coefficient (Wildman–Crippen LogP) is 4.52. The molecule has 0 unspecified atom stereocenters. The molecule has 1 amide bonds. The number of nitrogens with zero attached hydrogens (tertiary/aromatic N) is 2. The number of rotatable bonds is 6. The van der Waals surface area contributed by atoms with Crippen LogP contribution < -0.4 is 15.4 Å². The summed E-state index contributed by atoms with van der Waals surface area (Å²) >= 11 is 0. The SMILES string of the molecule is C#CC(=O)Nc1nc(Nc2ccc(OCc3ccccc3)cc2)c2ccccc2n1. The Kier molecular flexibility index (Phi) is 5.54. The molecule has 4 rings (SSSR count). The van der Waals surface area contributed by atoms with Crippen LogP contribution in [0.3, 0.4) is 0 Å². The molecule has 0 radical (unpaired) electrons. The van der Waals surface area contributed by atoms with Gasteiger partial charge in [-0.1, -0.05) is 42.5 Å². The average Bonchev–Trinajstić information content (AvgIpc) is 2.79. The quantitative estimate of drug-likeness (QED) is 0.470. The smallest absolute Gasteiger partial charge is 0.302 e. The minimum absolute atomic E-state index is 0.141. The molecule has 1 aromatic heterocycles. The van der Waals surface area contributed by atoms with Gasteiger partial charge in [0, 0.05) is 11.1 Å². The van der Waals surface area contributed by atoms with Crippen LogP contribution in [0.5, 0.6) is 5.75 Å². The van der Waals surface area contributed by atoms with Gasteiger partial charge in [0.15, 0.2) is 0 Å². The van der Waals surface area contributed by atoms with Gasteiger partial charge in [-0.3, -0.25) is 10.1 Å². The number of para-hydroxylation sites is 1. The number of benzene rings is 3. The van der Waals surface area contributed by atoms with Crippen molar-refractivity contribution in [1.29, 1.82) is 0 Å². The van der Waals surface area contributed by atoms with Gasteiger partial charge >= 0.3 is 5.91 Å². The second-order valence-corrected chi connectivity index (χ2v) is 6.44. The van der Waals surface area contributed by atoms with Crippen molar-refractivity contribution in [2.24, 2.45) is 0 Å². The van der Waals surface area contributed by atoms with Crippen molar-refractivity contribution in [2.75, 3.05) is 10.6 Å². The van der Waals surface area contributed by atoms with Gasteiger partial charge in [0.25, 0.3) is 0 Å². The Labute approximate surface area is 174 Å². The summed E-state index contributed by atoms with van der Waals surface area (Å²) in [5.41, 5.74) is 2.61. The molecule has 6 nitrogen and oxygen atoms in total. The first-order chi connectivity index (χ1) is 14.7. The molecule has 0 bridgehead atoms. The normalized spacial score (nSPS) is 10.2. The molecule has 0 spiro atoms. The fraction of sp³-hybridized carbons (Fsp3) is 0.0417. The van der Waals surface area contributed by atoms with Gasteiger partial charge in [0.2, 0.25) is 5.95 Å². The molecule has 146 valence electrons. The minimum atomic E-state index is -0.601. The van der Waals surface area contributed by atoms with E-state index in [1.807, 2.05) is 84.8 Å². The van der Waals surface area contributed by atoms with Crippen LogP contribution in [-0.2, 0) is 11.4 Å². The topological polar surface area (TPSA) is 76.1 Å². The Balaban J connectivity index is 1.53. The molecule has 30 heavy (non-hydrogen) atoms. The summed E-state index contributed by atoms with van der Waals surface area (Å²) in [7, 11) is 0. The molecule has 4 aromatic rings. The van der Waals surface area contributed by atoms with Crippen molar-refractivity contribution < 1.29 is 9.53 Å². The number of carbonyl (C=O) groups excluding carboxylic acids is 1. The summed E-state index contributed by atoms with van der Waals surface area (Å²) in [6, 6.07) is 25.1. The van der Waals surface area contributed by atoms with E-state index in [2.05, 4.69) is 20.6 Å². The fourth-order valence-corrected chi connectivity index (χ4v) is 2.88.